The average molecular weight is 262 g/mol. The van der Waals surface area contributed by atoms with E-state index in [9.17, 15) is 0 Å². The van der Waals surface area contributed by atoms with Crippen LogP contribution in [0.1, 0.15) is 87.6 Å². The molecule has 0 bridgehead atoms. The predicted molar refractivity (Wildman–Crippen MR) is 78.4 cm³/mol. The molecule has 0 radical (unpaired) electrons. The fraction of sp³-hybridized carbons (Fsp3) is 0.800. The summed E-state index contributed by atoms with van der Waals surface area (Å²) in [7, 11) is 0. The maximum atomic E-state index is 6.22. The summed E-state index contributed by atoms with van der Waals surface area (Å²) in [4.78, 5) is 4.87. The van der Waals surface area contributed by atoms with Gasteiger partial charge in [-0.15, -0.1) is 0 Å². The van der Waals surface area contributed by atoms with E-state index in [4.69, 9.17) is 16.6 Å². The Bertz CT molecular complexity index is 387. The van der Waals surface area contributed by atoms with Gasteiger partial charge < -0.3 is 11.6 Å². The third-order valence-electron chi connectivity index (χ3n) is 4.97. The van der Waals surface area contributed by atoms with Crippen molar-refractivity contribution in [3.05, 3.63) is 11.5 Å². The van der Waals surface area contributed by atoms with Crippen LogP contribution in [0.25, 0.3) is 0 Å². The van der Waals surface area contributed by atoms with E-state index in [1.54, 1.807) is 4.68 Å². The first-order valence-corrected chi connectivity index (χ1v) is 7.90. The van der Waals surface area contributed by atoms with Crippen LogP contribution in [0, 0.1) is 0 Å². The van der Waals surface area contributed by atoms with Crippen molar-refractivity contribution in [3.63, 3.8) is 0 Å². The zero-order chi connectivity index (χ0) is 13.2. The van der Waals surface area contributed by atoms with E-state index < -0.39 is 0 Å². The molecule has 3 rings (SSSR count). The van der Waals surface area contributed by atoms with Gasteiger partial charge in [-0.25, -0.2) is 9.66 Å². The Kier molecular flexibility index (Phi) is 3.67. The lowest BCUT2D eigenvalue weighted by atomic mass is 9.87. The number of nitrogens with zero attached hydrogens (tertiary/aromatic N) is 2. The number of rotatable bonds is 2. The molecule has 1 heterocycles. The summed E-state index contributed by atoms with van der Waals surface area (Å²) in [5.41, 5.74) is 7.30. The molecular formula is C15H26N4. The highest BCUT2D eigenvalue weighted by atomic mass is 15.4. The van der Waals surface area contributed by atoms with Gasteiger partial charge in [0.25, 0.3) is 0 Å². The van der Waals surface area contributed by atoms with Gasteiger partial charge in [0, 0.05) is 11.8 Å². The molecule has 4 N–H and O–H groups in total. The Morgan fingerprint density at radius 2 is 1.37 bits per heavy atom. The molecule has 106 valence electrons. The summed E-state index contributed by atoms with van der Waals surface area (Å²) in [6, 6.07) is 0. The van der Waals surface area contributed by atoms with E-state index in [1.165, 1.54) is 64.2 Å². The van der Waals surface area contributed by atoms with Crippen LogP contribution >= 0.6 is 0 Å². The molecule has 2 aliphatic carbocycles. The van der Waals surface area contributed by atoms with Gasteiger partial charge in [-0.05, 0) is 25.7 Å². The Labute approximate surface area is 115 Å². The van der Waals surface area contributed by atoms with Gasteiger partial charge in [-0.3, -0.25) is 0 Å². The summed E-state index contributed by atoms with van der Waals surface area (Å²) in [6.07, 6.45) is 12.8. The molecule has 4 heteroatoms. The molecule has 0 amide bonds. The first kappa shape index (κ1) is 12.8. The normalized spacial score (nSPS) is 22.7. The van der Waals surface area contributed by atoms with E-state index in [1.807, 2.05) is 0 Å². The zero-order valence-electron chi connectivity index (χ0n) is 11.8. The first-order chi connectivity index (χ1) is 9.27. The Morgan fingerprint density at radius 3 is 1.95 bits per heavy atom. The lowest BCUT2D eigenvalue weighted by molar-refractivity contribution is 0.419. The Balaban J connectivity index is 1.85. The molecule has 0 aliphatic heterocycles. The number of hydrogen-bond donors (Lipinski definition) is 2. The van der Waals surface area contributed by atoms with Gasteiger partial charge in [0.05, 0.1) is 5.69 Å². The molecule has 0 saturated heterocycles. The van der Waals surface area contributed by atoms with Crippen molar-refractivity contribution < 1.29 is 0 Å². The molecule has 0 aromatic carbocycles. The second-order valence-corrected chi connectivity index (χ2v) is 6.28. The maximum absolute atomic E-state index is 6.22. The molecular weight excluding hydrogens is 236 g/mol. The quantitative estimate of drug-likeness (QED) is 0.804. The highest BCUT2D eigenvalue weighted by Crippen LogP contribution is 2.38. The van der Waals surface area contributed by atoms with Crippen LogP contribution in [0.3, 0.4) is 0 Å². The molecule has 0 atom stereocenters. The van der Waals surface area contributed by atoms with Crippen molar-refractivity contribution in [2.75, 3.05) is 11.6 Å². The molecule has 4 nitrogen and oxygen atoms in total. The second-order valence-electron chi connectivity index (χ2n) is 6.28. The van der Waals surface area contributed by atoms with Crippen LogP contribution in [-0.2, 0) is 0 Å². The van der Waals surface area contributed by atoms with Crippen LogP contribution in [0.2, 0.25) is 0 Å². The van der Waals surface area contributed by atoms with Gasteiger partial charge in [0.15, 0.2) is 0 Å². The zero-order valence-corrected chi connectivity index (χ0v) is 11.8. The van der Waals surface area contributed by atoms with Gasteiger partial charge in [-0.2, -0.15) is 0 Å². The fourth-order valence-electron chi connectivity index (χ4n) is 3.81. The molecule has 0 spiro atoms. The third kappa shape index (κ3) is 2.45. The average Bonchev–Trinajstić information content (AvgIpc) is 2.77. The van der Waals surface area contributed by atoms with Crippen LogP contribution in [-0.4, -0.2) is 9.66 Å². The van der Waals surface area contributed by atoms with Crippen molar-refractivity contribution in [2.24, 2.45) is 0 Å². The summed E-state index contributed by atoms with van der Waals surface area (Å²) in [5.74, 6) is 8.99. The number of nitrogens with two attached hydrogens (primary N) is 2. The number of imidazole rings is 1. The lowest BCUT2D eigenvalue weighted by Crippen LogP contribution is -2.19. The van der Waals surface area contributed by atoms with Crippen LogP contribution in [0.5, 0.6) is 0 Å². The monoisotopic (exact) mass is 262 g/mol. The fourth-order valence-corrected chi connectivity index (χ4v) is 3.81. The van der Waals surface area contributed by atoms with E-state index in [-0.39, 0.29) is 0 Å². The maximum Gasteiger partial charge on any atom is 0.146 e. The van der Waals surface area contributed by atoms with Crippen molar-refractivity contribution in [1.29, 1.82) is 0 Å². The van der Waals surface area contributed by atoms with Crippen molar-refractivity contribution in [2.45, 2.75) is 76.0 Å². The van der Waals surface area contributed by atoms with Crippen LogP contribution in [0.15, 0.2) is 0 Å². The SMILES string of the molecule is Nc1c(C2CCCCC2)nc(C2CCCCC2)n1N. The second kappa shape index (κ2) is 5.43. The van der Waals surface area contributed by atoms with Crippen molar-refractivity contribution >= 4 is 5.82 Å². The molecule has 2 fully saturated rings. The van der Waals surface area contributed by atoms with E-state index in [2.05, 4.69) is 0 Å². The summed E-state index contributed by atoms with van der Waals surface area (Å²) in [5, 5.41) is 0. The number of hydrogen-bond acceptors (Lipinski definition) is 3. The standard InChI is InChI=1S/C15H26N4/c16-14-13(11-7-3-1-4-8-11)18-15(19(14)17)12-9-5-2-6-10-12/h11-12H,1-10,16-17H2. The van der Waals surface area contributed by atoms with Gasteiger partial charge in [-0.1, -0.05) is 38.5 Å². The molecule has 1 aromatic heterocycles. The number of aromatic nitrogens is 2. The largest absolute Gasteiger partial charge is 0.382 e. The molecule has 2 aliphatic rings. The van der Waals surface area contributed by atoms with E-state index in [0.717, 1.165) is 11.5 Å². The highest BCUT2D eigenvalue weighted by molar-refractivity contribution is 5.41. The van der Waals surface area contributed by atoms with Gasteiger partial charge in [0.2, 0.25) is 0 Å². The molecule has 0 unspecified atom stereocenters. The van der Waals surface area contributed by atoms with Gasteiger partial charge in [0.1, 0.15) is 11.6 Å². The lowest BCUT2D eigenvalue weighted by Gasteiger charge is -2.21. The summed E-state index contributed by atoms with van der Waals surface area (Å²) < 4.78 is 1.68. The summed E-state index contributed by atoms with van der Waals surface area (Å²) in [6.45, 7) is 0. The smallest absolute Gasteiger partial charge is 0.146 e. The molecule has 19 heavy (non-hydrogen) atoms. The Morgan fingerprint density at radius 1 is 0.842 bits per heavy atom. The topological polar surface area (TPSA) is 69.9 Å². The molecule has 2 saturated carbocycles. The first-order valence-electron chi connectivity index (χ1n) is 7.90. The molecule has 1 aromatic rings. The highest BCUT2D eigenvalue weighted by Gasteiger charge is 2.27. The summed E-state index contributed by atoms with van der Waals surface area (Å²) >= 11 is 0. The van der Waals surface area contributed by atoms with Crippen molar-refractivity contribution in [3.8, 4) is 0 Å². The minimum absolute atomic E-state index is 0.526. The van der Waals surface area contributed by atoms with E-state index >= 15 is 0 Å². The minimum atomic E-state index is 0.526. The third-order valence-corrected chi connectivity index (χ3v) is 4.97. The van der Waals surface area contributed by atoms with Crippen LogP contribution in [0.4, 0.5) is 5.82 Å². The van der Waals surface area contributed by atoms with Crippen LogP contribution < -0.4 is 11.6 Å². The minimum Gasteiger partial charge on any atom is -0.382 e. The predicted octanol–water partition coefficient (Wildman–Crippen LogP) is 3.27. The van der Waals surface area contributed by atoms with E-state index in [0.29, 0.717) is 17.7 Å². The van der Waals surface area contributed by atoms with Gasteiger partial charge >= 0.3 is 0 Å². The number of nitrogen functional groups attached to an aromatic ring is 2. The van der Waals surface area contributed by atoms with Crippen molar-refractivity contribution in [1.82, 2.24) is 9.66 Å². The number of anilines is 1. The Hall–Kier alpha value is -1.19.